The summed E-state index contributed by atoms with van der Waals surface area (Å²) in [6, 6.07) is 0. The minimum Gasteiger partial charge on any atom is -0.784 e. The molecule has 0 N–H and O–H groups in total. The van der Waals surface area contributed by atoms with Crippen LogP contribution in [0.15, 0.2) is 22.0 Å². The second-order valence-electron chi connectivity index (χ2n) is 2.73. The van der Waals surface area contributed by atoms with Gasteiger partial charge in [0.25, 0.3) is 0 Å². The number of allylic oxidation sites excluding steroid dienone is 4. The Morgan fingerprint density at radius 1 is 0.800 bits per heavy atom. The van der Waals surface area contributed by atoms with Gasteiger partial charge in [-0.25, -0.2) is 0 Å². The monoisotopic (exact) mass is 288 g/mol. The molecule has 0 unspecified atom stereocenters. The van der Waals surface area contributed by atoms with Crippen molar-refractivity contribution in [2.45, 2.75) is 27.7 Å². The number of rotatable bonds is 2. The van der Waals surface area contributed by atoms with E-state index in [1.165, 1.54) is 26.0 Å². The third-order valence-corrected chi connectivity index (χ3v) is 1.05. The molecular formula is C10H14NiO2S2. The van der Waals surface area contributed by atoms with E-state index in [-0.39, 0.29) is 28.1 Å². The van der Waals surface area contributed by atoms with E-state index in [1.54, 1.807) is 13.8 Å². The van der Waals surface area contributed by atoms with Crippen molar-refractivity contribution >= 4 is 36.8 Å². The van der Waals surface area contributed by atoms with Crippen LogP contribution in [0.2, 0.25) is 0 Å². The van der Waals surface area contributed by atoms with Crippen LogP contribution in [0.25, 0.3) is 0 Å². The van der Waals surface area contributed by atoms with E-state index in [0.29, 0.717) is 9.81 Å². The topological polar surface area (TPSA) is 34.1 Å². The van der Waals surface area contributed by atoms with Gasteiger partial charge in [-0.15, -0.1) is 0 Å². The molecule has 0 aromatic rings. The summed E-state index contributed by atoms with van der Waals surface area (Å²) < 4.78 is 0. The van der Waals surface area contributed by atoms with Crippen LogP contribution in [0.3, 0.4) is 0 Å². The molecule has 0 aromatic heterocycles. The number of hydrogen-bond acceptors (Lipinski definition) is 4. The van der Waals surface area contributed by atoms with Gasteiger partial charge in [0.05, 0.1) is 0 Å². The van der Waals surface area contributed by atoms with Crippen LogP contribution in [-0.2, 0) is 51.3 Å². The summed E-state index contributed by atoms with van der Waals surface area (Å²) in [5, 5.41) is 0. The van der Waals surface area contributed by atoms with Gasteiger partial charge in [-0.3, -0.25) is 9.59 Å². The molecule has 0 heterocycles. The Hall–Kier alpha value is -0.246. The van der Waals surface area contributed by atoms with Crippen LogP contribution >= 0.6 is 0 Å². The molecule has 0 spiro atoms. The second kappa shape index (κ2) is 11.8. The normalized spacial score (nSPS) is 10.7. The second-order valence-corrected chi connectivity index (χ2v) is 4.02. The van der Waals surface area contributed by atoms with Crippen molar-refractivity contribution in [1.29, 1.82) is 0 Å². The third kappa shape index (κ3) is 31.6. The van der Waals surface area contributed by atoms with E-state index in [4.69, 9.17) is 0 Å². The van der Waals surface area contributed by atoms with Crippen molar-refractivity contribution in [2.24, 2.45) is 0 Å². The van der Waals surface area contributed by atoms with E-state index < -0.39 is 0 Å². The first-order valence-electron chi connectivity index (χ1n) is 3.97. The zero-order chi connectivity index (χ0) is 11.7. The SMILES string of the molecule is CC(=O)/C=C(/C)[S-].CC(=O)/C=C(/C)[S-].[Ni+2]. The fraction of sp³-hybridized carbons (Fsp3) is 0.400. The van der Waals surface area contributed by atoms with Crippen molar-refractivity contribution in [3.63, 3.8) is 0 Å². The summed E-state index contributed by atoms with van der Waals surface area (Å²) in [4.78, 5) is 21.5. The fourth-order valence-corrected chi connectivity index (χ4v) is 0.904. The van der Waals surface area contributed by atoms with Gasteiger partial charge < -0.3 is 25.3 Å². The molecule has 0 radical (unpaired) electrons. The molecule has 0 fully saturated rings. The van der Waals surface area contributed by atoms with Crippen molar-refractivity contribution < 1.29 is 26.1 Å². The van der Waals surface area contributed by atoms with Crippen molar-refractivity contribution in [2.75, 3.05) is 0 Å². The molecule has 0 rings (SSSR count). The number of ketones is 2. The van der Waals surface area contributed by atoms with Gasteiger partial charge in [0.1, 0.15) is 0 Å². The van der Waals surface area contributed by atoms with E-state index in [1.807, 2.05) is 0 Å². The average Bonchev–Trinajstić information content (AvgIpc) is 1.79. The molecule has 15 heavy (non-hydrogen) atoms. The fourth-order valence-electron chi connectivity index (χ4n) is 0.572. The summed E-state index contributed by atoms with van der Waals surface area (Å²) in [6.07, 6.45) is 2.85. The Morgan fingerprint density at radius 3 is 1.00 bits per heavy atom. The predicted octanol–water partition coefficient (Wildman–Crippen LogP) is 2.05. The molecule has 0 saturated heterocycles. The zero-order valence-corrected chi connectivity index (χ0v) is 11.7. The number of carbonyl (C=O) groups excluding carboxylic acids is 2. The van der Waals surface area contributed by atoms with Gasteiger partial charge >= 0.3 is 16.5 Å². The Kier molecular flexibility index (Phi) is 15.9. The molecule has 2 nitrogen and oxygen atoms in total. The minimum atomic E-state index is 0. The van der Waals surface area contributed by atoms with Gasteiger partial charge in [0.2, 0.25) is 0 Å². The maximum absolute atomic E-state index is 10.1. The van der Waals surface area contributed by atoms with Gasteiger partial charge in [-0.05, 0) is 26.0 Å². The molecule has 0 aliphatic rings. The van der Waals surface area contributed by atoms with Crippen LogP contribution in [0, 0.1) is 0 Å². The molecule has 0 aliphatic heterocycles. The molecule has 88 valence electrons. The predicted molar refractivity (Wildman–Crippen MR) is 63.6 cm³/mol. The average molecular weight is 289 g/mol. The Morgan fingerprint density at radius 2 is 1.00 bits per heavy atom. The molecule has 0 amide bonds. The van der Waals surface area contributed by atoms with Crippen LogP contribution in [0.4, 0.5) is 0 Å². The Labute approximate surface area is 112 Å². The summed E-state index contributed by atoms with van der Waals surface area (Å²) in [7, 11) is 0. The van der Waals surface area contributed by atoms with Crippen molar-refractivity contribution in [1.82, 2.24) is 0 Å². The first kappa shape index (κ1) is 20.2. The molecule has 0 atom stereocenters. The first-order chi connectivity index (χ1) is 6.25. The van der Waals surface area contributed by atoms with E-state index >= 15 is 0 Å². The quantitative estimate of drug-likeness (QED) is 0.442. The standard InChI is InChI=1S/2C5H8OS.Ni/c2*1-4(6)3-5(2)7;/h2*3,7H,1-2H3;/q;;+2/p-2/b2*5-3-;. The van der Waals surface area contributed by atoms with Crippen molar-refractivity contribution in [3.8, 4) is 0 Å². The van der Waals surface area contributed by atoms with Crippen LogP contribution in [0.5, 0.6) is 0 Å². The van der Waals surface area contributed by atoms with E-state index in [9.17, 15) is 9.59 Å². The summed E-state index contributed by atoms with van der Waals surface area (Å²) in [6.45, 7) is 6.40. The van der Waals surface area contributed by atoms with Gasteiger partial charge in [-0.1, -0.05) is 13.8 Å². The van der Waals surface area contributed by atoms with E-state index in [0.717, 1.165) is 0 Å². The first-order valence-corrected chi connectivity index (χ1v) is 4.79. The molecule has 0 aliphatic carbocycles. The van der Waals surface area contributed by atoms with Gasteiger partial charge in [0.15, 0.2) is 11.6 Å². The third-order valence-electron chi connectivity index (χ3n) is 0.813. The Balaban J connectivity index is -0.000000180. The molecular weight excluding hydrogens is 275 g/mol. The number of carbonyl (C=O) groups is 2. The minimum absolute atomic E-state index is 0. The van der Waals surface area contributed by atoms with E-state index in [2.05, 4.69) is 25.3 Å². The summed E-state index contributed by atoms with van der Waals surface area (Å²) in [5.74, 6) is 0.0417. The summed E-state index contributed by atoms with van der Waals surface area (Å²) in [5.41, 5.74) is 0. The maximum Gasteiger partial charge on any atom is 2.00 e. The smallest absolute Gasteiger partial charge is 0.784 e. The van der Waals surface area contributed by atoms with Crippen LogP contribution < -0.4 is 0 Å². The molecule has 0 saturated carbocycles. The van der Waals surface area contributed by atoms with Crippen LogP contribution in [0.1, 0.15) is 27.7 Å². The van der Waals surface area contributed by atoms with Gasteiger partial charge in [0, 0.05) is 0 Å². The van der Waals surface area contributed by atoms with Gasteiger partial charge in [-0.2, -0.15) is 9.81 Å². The zero-order valence-electron chi connectivity index (χ0n) is 9.10. The maximum atomic E-state index is 10.1. The number of hydrogen-bond donors (Lipinski definition) is 0. The largest absolute Gasteiger partial charge is 2.00 e. The molecule has 0 bridgehead atoms. The summed E-state index contributed by atoms with van der Waals surface area (Å²) >= 11 is 9.19. The van der Waals surface area contributed by atoms with Crippen LogP contribution in [-0.4, -0.2) is 11.6 Å². The van der Waals surface area contributed by atoms with Crippen molar-refractivity contribution in [3.05, 3.63) is 22.0 Å². The molecule has 5 heteroatoms. The Bertz CT molecular complexity index is 235. The molecule has 0 aromatic carbocycles.